The third kappa shape index (κ3) is 4.14. The molecule has 3 aliphatic rings. The number of hydrogen-bond acceptors (Lipinski definition) is 8. The summed E-state index contributed by atoms with van der Waals surface area (Å²) in [6.45, 7) is 6.99. The first-order chi connectivity index (χ1) is 15.5. The number of carbonyl (C=O) groups excluding carboxylic acids is 1. The second kappa shape index (κ2) is 8.63. The molecule has 4 heterocycles. The Kier molecular flexibility index (Phi) is 5.69. The first kappa shape index (κ1) is 21.1. The van der Waals surface area contributed by atoms with Crippen molar-refractivity contribution >= 4 is 5.97 Å². The molecule has 170 valence electrons. The van der Waals surface area contributed by atoms with Crippen LogP contribution in [0, 0.1) is 5.41 Å². The molecule has 0 radical (unpaired) electrons. The van der Waals surface area contributed by atoms with Gasteiger partial charge in [0, 0.05) is 19.6 Å². The van der Waals surface area contributed by atoms with Gasteiger partial charge in [-0.25, -0.2) is 9.48 Å². The molecule has 0 bridgehead atoms. The topological polar surface area (TPSA) is 96.6 Å². The smallest absolute Gasteiger partial charge is 0.335 e. The maximum absolute atomic E-state index is 11.7. The van der Waals surface area contributed by atoms with Gasteiger partial charge in [0.05, 0.1) is 23.1 Å². The van der Waals surface area contributed by atoms with Gasteiger partial charge in [0.2, 0.25) is 0 Å². The highest BCUT2D eigenvalue weighted by Crippen LogP contribution is 2.42. The van der Waals surface area contributed by atoms with Crippen molar-refractivity contribution in [1.82, 2.24) is 30.0 Å². The lowest BCUT2D eigenvalue weighted by Crippen LogP contribution is -2.47. The quantitative estimate of drug-likeness (QED) is 0.705. The summed E-state index contributed by atoms with van der Waals surface area (Å²) < 4.78 is 6.78. The molecule has 0 saturated carbocycles. The van der Waals surface area contributed by atoms with E-state index >= 15 is 0 Å². The Morgan fingerprint density at radius 1 is 1.09 bits per heavy atom. The lowest BCUT2D eigenvalue weighted by molar-refractivity contribution is -0.136. The highest BCUT2D eigenvalue weighted by Gasteiger charge is 2.39. The summed E-state index contributed by atoms with van der Waals surface area (Å²) in [6.07, 6.45) is 5.69. The summed E-state index contributed by atoms with van der Waals surface area (Å²) in [4.78, 5) is 16.4. The van der Waals surface area contributed by atoms with E-state index in [0.717, 1.165) is 61.5 Å². The number of ether oxygens (including phenoxy) is 1. The van der Waals surface area contributed by atoms with Crippen molar-refractivity contribution in [3.8, 4) is 5.69 Å². The molecule has 1 aromatic carbocycles. The fraction of sp³-hybridized carbons (Fsp3) is 0.565. The lowest BCUT2D eigenvalue weighted by atomic mass is 9.71. The van der Waals surface area contributed by atoms with Gasteiger partial charge >= 0.3 is 5.97 Å². The van der Waals surface area contributed by atoms with Crippen molar-refractivity contribution in [2.24, 2.45) is 5.41 Å². The van der Waals surface area contributed by atoms with Crippen molar-refractivity contribution in [1.29, 1.82) is 0 Å². The largest absolute Gasteiger partial charge is 0.456 e. The SMILES string of the molecule is CC1=C(N2CCC3(CCN(CC(O)c4ccc(-n5cnnn5)cc4)CC3)CC2)COC1=O. The summed E-state index contributed by atoms with van der Waals surface area (Å²) in [6, 6.07) is 7.73. The van der Waals surface area contributed by atoms with Crippen LogP contribution in [0.25, 0.3) is 5.69 Å². The minimum atomic E-state index is -0.511. The second-order valence-corrected chi connectivity index (χ2v) is 9.30. The fourth-order valence-electron chi connectivity index (χ4n) is 5.24. The normalized spacial score (nSPS) is 22.4. The molecule has 9 nitrogen and oxygen atoms in total. The van der Waals surface area contributed by atoms with Crippen LogP contribution in [0.3, 0.4) is 0 Å². The minimum Gasteiger partial charge on any atom is -0.456 e. The van der Waals surface area contributed by atoms with E-state index in [4.69, 9.17) is 4.74 Å². The van der Waals surface area contributed by atoms with Gasteiger partial charge in [0.1, 0.15) is 12.9 Å². The molecule has 2 fully saturated rings. The Bertz CT molecular complexity index is 970. The first-order valence-electron chi connectivity index (χ1n) is 11.4. The summed E-state index contributed by atoms with van der Waals surface area (Å²) >= 11 is 0. The summed E-state index contributed by atoms with van der Waals surface area (Å²) in [5.41, 5.74) is 4.03. The van der Waals surface area contributed by atoms with Gasteiger partial charge in [-0.15, -0.1) is 5.10 Å². The van der Waals surface area contributed by atoms with Crippen molar-refractivity contribution < 1.29 is 14.6 Å². The number of hydrogen-bond donors (Lipinski definition) is 1. The van der Waals surface area contributed by atoms with E-state index in [1.54, 1.807) is 11.0 Å². The van der Waals surface area contributed by atoms with Crippen molar-refractivity contribution in [3.05, 3.63) is 47.4 Å². The average molecular weight is 439 g/mol. The summed E-state index contributed by atoms with van der Waals surface area (Å²) in [5, 5.41) is 22.0. The molecule has 1 atom stereocenters. The van der Waals surface area contributed by atoms with Crippen LogP contribution < -0.4 is 0 Å². The molecule has 0 amide bonds. The molecular weight excluding hydrogens is 408 g/mol. The number of benzene rings is 1. The zero-order chi connectivity index (χ0) is 22.1. The van der Waals surface area contributed by atoms with Crippen molar-refractivity contribution in [2.45, 2.75) is 38.7 Å². The predicted molar refractivity (Wildman–Crippen MR) is 117 cm³/mol. The Balaban J connectivity index is 1.12. The Morgan fingerprint density at radius 3 is 2.38 bits per heavy atom. The van der Waals surface area contributed by atoms with E-state index in [-0.39, 0.29) is 5.97 Å². The number of aliphatic hydroxyl groups excluding tert-OH is 1. The standard InChI is InChI=1S/C23H30N6O3/c1-17-20(15-32-22(17)31)28-12-8-23(9-13-28)6-10-27(11-7-23)14-21(30)18-2-4-19(5-3-18)29-16-24-25-26-29/h2-5,16,21,30H,6-15H2,1H3. The van der Waals surface area contributed by atoms with Crippen LogP contribution in [0.5, 0.6) is 0 Å². The van der Waals surface area contributed by atoms with Crippen LogP contribution in [-0.2, 0) is 9.53 Å². The zero-order valence-corrected chi connectivity index (χ0v) is 18.5. The molecule has 1 unspecified atom stereocenters. The van der Waals surface area contributed by atoms with Gasteiger partial charge in [-0.3, -0.25) is 0 Å². The van der Waals surface area contributed by atoms with Crippen molar-refractivity contribution in [3.63, 3.8) is 0 Å². The number of likely N-dealkylation sites (tertiary alicyclic amines) is 2. The maximum Gasteiger partial charge on any atom is 0.335 e. The number of aliphatic hydroxyl groups is 1. The van der Waals surface area contributed by atoms with Gasteiger partial charge < -0.3 is 19.6 Å². The number of nitrogens with zero attached hydrogens (tertiary/aromatic N) is 6. The highest BCUT2D eigenvalue weighted by molar-refractivity contribution is 5.90. The van der Waals surface area contributed by atoms with Gasteiger partial charge in [-0.1, -0.05) is 12.1 Å². The van der Waals surface area contributed by atoms with E-state index in [0.29, 0.717) is 18.6 Å². The van der Waals surface area contributed by atoms with Gasteiger partial charge in [-0.05, 0) is 79.2 Å². The van der Waals surface area contributed by atoms with E-state index < -0.39 is 6.10 Å². The Morgan fingerprint density at radius 2 is 1.78 bits per heavy atom. The van der Waals surface area contributed by atoms with Gasteiger partial charge in [0.15, 0.2) is 0 Å². The van der Waals surface area contributed by atoms with Crippen LogP contribution in [-0.4, -0.2) is 80.4 Å². The number of aromatic nitrogens is 4. The van der Waals surface area contributed by atoms with Crippen LogP contribution in [0.2, 0.25) is 0 Å². The molecule has 1 N–H and O–H groups in total. The molecule has 1 spiro atoms. The number of carbonyl (C=O) groups is 1. The number of rotatable bonds is 5. The summed E-state index contributed by atoms with van der Waals surface area (Å²) in [7, 11) is 0. The van der Waals surface area contributed by atoms with E-state index in [1.165, 1.54) is 12.8 Å². The molecule has 5 rings (SSSR count). The zero-order valence-electron chi connectivity index (χ0n) is 18.5. The molecule has 3 aliphatic heterocycles. The van der Waals surface area contributed by atoms with Crippen molar-refractivity contribution in [2.75, 3.05) is 39.3 Å². The number of piperidine rings is 2. The fourth-order valence-corrected chi connectivity index (χ4v) is 5.24. The Labute approximate surface area is 187 Å². The molecule has 1 aromatic heterocycles. The van der Waals surface area contributed by atoms with E-state index in [2.05, 4.69) is 25.3 Å². The highest BCUT2D eigenvalue weighted by atomic mass is 16.5. The number of esters is 1. The maximum atomic E-state index is 11.7. The third-order valence-electron chi connectivity index (χ3n) is 7.52. The molecule has 9 heteroatoms. The monoisotopic (exact) mass is 438 g/mol. The summed E-state index contributed by atoms with van der Waals surface area (Å²) in [5.74, 6) is -0.169. The van der Waals surface area contributed by atoms with Crippen LogP contribution in [0.15, 0.2) is 41.9 Å². The van der Waals surface area contributed by atoms with Crippen LogP contribution in [0.1, 0.15) is 44.3 Å². The van der Waals surface area contributed by atoms with E-state index in [1.807, 2.05) is 31.2 Å². The number of tetrazole rings is 1. The molecule has 0 aliphatic carbocycles. The number of β-amino-alcohol motifs (C(OH)–C–C–N with tert-alkyl or cyclic N) is 1. The van der Waals surface area contributed by atoms with Gasteiger partial charge in [-0.2, -0.15) is 0 Å². The predicted octanol–water partition coefficient (Wildman–Crippen LogP) is 1.70. The van der Waals surface area contributed by atoms with Crippen LogP contribution in [0.4, 0.5) is 0 Å². The first-order valence-corrected chi connectivity index (χ1v) is 11.4. The van der Waals surface area contributed by atoms with E-state index in [9.17, 15) is 9.90 Å². The molecular formula is C23H30N6O3. The lowest BCUT2D eigenvalue weighted by Gasteiger charge is -2.47. The third-order valence-corrected chi connectivity index (χ3v) is 7.52. The molecule has 2 saturated heterocycles. The second-order valence-electron chi connectivity index (χ2n) is 9.30. The molecule has 32 heavy (non-hydrogen) atoms. The number of cyclic esters (lactones) is 1. The van der Waals surface area contributed by atoms with Crippen LogP contribution >= 0.6 is 0 Å². The molecule has 2 aromatic rings. The average Bonchev–Trinajstić information content (AvgIpc) is 3.47. The van der Waals surface area contributed by atoms with Gasteiger partial charge in [0.25, 0.3) is 0 Å². The Hall–Kier alpha value is -2.78. The minimum absolute atomic E-state index is 0.169.